The summed E-state index contributed by atoms with van der Waals surface area (Å²) in [6.45, 7) is 4.49. The molecule has 1 aliphatic carbocycles. The molecule has 0 aliphatic heterocycles. The van der Waals surface area contributed by atoms with E-state index in [1.54, 1.807) is 0 Å². The predicted molar refractivity (Wildman–Crippen MR) is 66.6 cm³/mol. The van der Waals surface area contributed by atoms with Crippen LogP contribution in [-0.4, -0.2) is 24.6 Å². The van der Waals surface area contributed by atoms with E-state index < -0.39 is 0 Å². The fraction of sp³-hybridized carbons (Fsp3) is 0.833. The first-order valence-electron chi connectivity index (χ1n) is 6.27. The van der Waals surface area contributed by atoms with Gasteiger partial charge in [0, 0.05) is 6.54 Å². The van der Waals surface area contributed by atoms with Crippen molar-refractivity contribution >= 4 is 11.9 Å². The second-order valence-corrected chi connectivity index (χ2v) is 5.00. The summed E-state index contributed by atoms with van der Waals surface area (Å²) in [6, 6.07) is 0. The summed E-state index contributed by atoms with van der Waals surface area (Å²) in [6.07, 6.45) is 3.74. The molecule has 0 heterocycles. The van der Waals surface area contributed by atoms with E-state index in [1.165, 1.54) is 0 Å². The van der Waals surface area contributed by atoms with Crippen LogP contribution in [0, 0.1) is 17.2 Å². The van der Waals surface area contributed by atoms with E-state index in [4.69, 9.17) is 15.9 Å². The van der Waals surface area contributed by atoms with E-state index in [1.807, 2.05) is 13.8 Å². The van der Waals surface area contributed by atoms with Gasteiger partial charge in [-0.05, 0) is 45.4 Å². The minimum Gasteiger partial charge on any atom is -0.463 e. The zero-order valence-corrected chi connectivity index (χ0v) is 10.7. The summed E-state index contributed by atoms with van der Waals surface area (Å²) in [5, 5.41) is 9.93. The molecule has 5 heteroatoms. The van der Waals surface area contributed by atoms with E-state index in [0.717, 1.165) is 32.2 Å². The van der Waals surface area contributed by atoms with Crippen LogP contribution in [0.3, 0.4) is 0 Å². The van der Waals surface area contributed by atoms with Gasteiger partial charge in [0.15, 0.2) is 5.96 Å². The topological polar surface area (TPSA) is 88.2 Å². The number of esters is 1. The Hall–Kier alpha value is -1.26. The van der Waals surface area contributed by atoms with Crippen molar-refractivity contribution in [1.82, 2.24) is 5.32 Å². The Morgan fingerprint density at radius 1 is 1.41 bits per heavy atom. The van der Waals surface area contributed by atoms with Crippen molar-refractivity contribution in [2.45, 2.75) is 45.6 Å². The third kappa shape index (κ3) is 5.06. The second kappa shape index (κ2) is 6.47. The maximum Gasteiger partial charge on any atom is 0.309 e. The molecular formula is C12H23N3O2. The van der Waals surface area contributed by atoms with Gasteiger partial charge in [-0.3, -0.25) is 10.2 Å². The van der Waals surface area contributed by atoms with Gasteiger partial charge in [-0.15, -0.1) is 0 Å². The van der Waals surface area contributed by atoms with Gasteiger partial charge in [-0.25, -0.2) is 0 Å². The molecule has 1 rings (SSSR count). The lowest BCUT2D eigenvalue weighted by Crippen LogP contribution is -2.36. The Morgan fingerprint density at radius 2 is 2.00 bits per heavy atom. The van der Waals surface area contributed by atoms with E-state index in [-0.39, 0.29) is 24.0 Å². The van der Waals surface area contributed by atoms with Gasteiger partial charge in [0.2, 0.25) is 0 Å². The third-order valence-corrected chi connectivity index (χ3v) is 3.11. The van der Waals surface area contributed by atoms with Crippen LogP contribution in [0.15, 0.2) is 0 Å². The molecular weight excluding hydrogens is 218 g/mol. The van der Waals surface area contributed by atoms with Crippen molar-refractivity contribution in [3.05, 3.63) is 0 Å². The van der Waals surface area contributed by atoms with Crippen molar-refractivity contribution < 1.29 is 9.53 Å². The Balaban J connectivity index is 2.25. The lowest BCUT2D eigenvalue weighted by molar-refractivity contribution is -0.153. The number of carbonyl (C=O) groups is 1. The normalized spacial score (nSPS) is 24.4. The largest absolute Gasteiger partial charge is 0.463 e. The molecule has 0 saturated heterocycles. The van der Waals surface area contributed by atoms with E-state index in [2.05, 4.69) is 5.32 Å². The van der Waals surface area contributed by atoms with Gasteiger partial charge in [-0.2, -0.15) is 0 Å². The van der Waals surface area contributed by atoms with Crippen LogP contribution in [0.25, 0.3) is 0 Å². The Labute approximate surface area is 103 Å². The van der Waals surface area contributed by atoms with Gasteiger partial charge >= 0.3 is 5.97 Å². The third-order valence-electron chi connectivity index (χ3n) is 3.11. The molecule has 0 radical (unpaired) electrons. The van der Waals surface area contributed by atoms with Gasteiger partial charge in [0.05, 0.1) is 12.0 Å². The molecule has 17 heavy (non-hydrogen) atoms. The van der Waals surface area contributed by atoms with Crippen molar-refractivity contribution in [3.63, 3.8) is 0 Å². The van der Waals surface area contributed by atoms with Gasteiger partial charge in [0.1, 0.15) is 0 Å². The van der Waals surface area contributed by atoms with E-state index in [0.29, 0.717) is 5.92 Å². The van der Waals surface area contributed by atoms with Crippen molar-refractivity contribution in [2.75, 3.05) is 6.54 Å². The molecule has 1 aliphatic rings. The first-order valence-corrected chi connectivity index (χ1v) is 6.27. The smallest absolute Gasteiger partial charge is 0.309 e. The average Bonchev–Trinajstić information content (AvgIpc) is 2.26. The zero-order valence-electron chi connectivity index (χ0n) is 10.7. The van der Waals surface area contributed by atoms with E-state index in [9.17, 15) is 4.79 Å². The van der Waals surface area contributed by atoms with Crippen LogP contribution in [-0.2, 0) is 9.53 Å². The summed E-state index contributed by atoms with van der Waals surface area (Å²) in [7, 11) is 0. The van der Waals surface area contributed by atoms with Crippen LogP contribution in [0.5, 0.6) is 0 Å². The van der Waals surface area contributed by atoms with Crippen molar-refractivity contribution in [1.29, 1.82) is 5.41 Å². The number of rotatable bonds is 4. The van der Waals surface area contributed by atoms with Crippen LogP contribution in [0.1, 0.15) is 39.5 Å². The number of hydrogen-bond donors (Lipinski definition) is 3. The number of nitrogens with one attached hydrogen (secondary N) is 2. The number of carbonyl (C=O) groups excluding carboxylic acids is 1. The molecule has 98 valence electrons. The van der Waals surface area contributed by atoms with Crippen LogP contribution in [0.4, 0.5) is 0 Å². The summed E-state index contributed by atoms with van der Waals surface area (Å²) in [5.41, 5.74) is 5.24. The molecule has 0 bridgehead atoms. The molecule has 0 atom stereocenters. The summed E-state index contributed by atoms with van der Waals surface area (Å²) >= 11 is 0. The quantitative estimate of drug-likeness (QED) is 0.392. The highest BCUT2D eigenvalue weighted by Crippen LogP contribution is 2.29. The number of hydrogen-bond acceptors (Lipinski definition) is 3. The zero-order chi connectivity index (χ0) is 12.8. The lowest BCUT2D eigenvalue weighted by atomic mass is 9.82. The van der Waals surface area contributed by atoms with Gasteiger partial charge < -0.3 is 15.8 Å². The predicted octanol–water partition coefficient (Wildman–Crippen LogP) is 1.23. The number of ether oxygens (including phenoxy) is 1. The standard InChI is InChI=1S/C12H23N3O2/c1-8(2)17-11(16)10-5-3-9(4-6-10)7-15-12(13)14/h8-10H,3-7H2,1-2H3,(H4,13,14,15)/t9-,10-. The monoisotopic (exact) mass is 241 g/mol. The fourth-order valence-corrected chi connectivity index (χ4v) is 2.19. The SMILES string of the molecule is CC(C)OC(=O)[C@H]1CC[C@H](CNC(=N)N)CC1. The lowest BCUT2D eigenvalue weighted by Gasteiger charge is -2.27. The molecule has 0 spiro atoms. The Morgan fingerprint density at radius 3 is 2.47 bits per heavy atom. The van der Waals surface area contributed by atoms with Crippen LogP contribution < -0.4 is 11.1 Å². The first kappa shape index (κ1) is 13.8. The summed E-state index contributed by atoms with van der Waals surface area (Å²) in [4.78, 5) is 11.7. The van der Waals surface area contributed by atoms with E-state index >= 15 is 0 Å². The van der Waals surface area contributed by atoms with Gasteiger partial charge in [0.25, 0.3) is 0 Å². The minimum absolute atomic E-state index is 0.0198. The molecule has 0 amide bonds. The highest BCUT2D eigenvalue weighted by Gasteiger charge is 2.27. The molecule has 0 aromatic carbocycles. The first-order chi connectivity index (χ1) is 7.99. The summed E-state index contributed by atoms with van der Waals surface area (Å²) in [5.74, 6) is 0.539. The number of guanidine groups is 1. The maximum absolute atomic E-state index is 11.7. The number of nitrogens with two attached hydrogens (primary N) is 1. The molecule has 5 nitrogen and oxygen atoms in total. The van der Waals surface area contributed by atoms with Crippen LogP contribution in [0.2, 0.25) is 0 Å². The Bertz CT molecular complexity index is 271. The Kier molecular flexibility index (Phi) is 5.25. The molecule has 1 fully saturated rings. The average molecular weight is 241 g/mol. The minimum atomic E-state index is -0.0574. The molecule has 4 N–H and O–H groups in total. The molecule has 1 saturated carbocycles. The van der Waals surface area contributed by atoms with Crippen molar-refractivity contribution in [3.8, 4) is 0 Å². The highest BCUT2D eigenvalue weighted by molar-refractivity contribution is 5.74. The van der Waals surface area contributed by atoms with Crippen LogP contribution >= 0.6 is 0 Å². The highest BCUT2D eigenvalue weighted by atomic mass is 16.5. The van der Waals surface area contributed by atoms with Gasteiger partial charge in [-0.1, -0.05) is 0 Å². The molecule has 0 unspecified atom stereocenters. The summed E-state index contributed by atoms with van der Waals surface area (Å²) < 4.78 is 5.21. The van der Waals surface area contributed by atoms with Crippen molar-refractivity contribution in [2.24, 2.45) is 17.6 Å². The maximum atomic E-state index is 11.7. The molecule has 0 aromatic rings. The second-order valence-electron chi connectivity index (χ2n) is 5.00. The molecule has 0 aromatic heterocycles. The fourth-order valence-electron chi connectivity index (χ4n) is 2.19.